The normalized spacial score (nSPS) is 19.7. The number of aromatic nitrogens is 2. The van der Waals surface area contributed by atoms with Crippen molar-refractivity contribution in [2.45, 2.75) is 19.0 Å². The van der Waals surface area contributed by atoms with E-state index in [0.717, 1.165) is 12.3 Å². The quantitative estimate of drug-likeness (QED) is 0.911. The Hall–Kier alpha value is -1.86. The summed E-state index contributed by atoms with van der Waals surface area (Å²) in [5, 5.41) is 8.68. The number of carboxylic acids is 1. The predicted molar refractivity (Wildman–Crippen MR) is 59.6 cm³/mol. The topological polar surface area (TPSA) is 66.3 Å². The van der Waals surface area contributed by atoms with Crippen molar-refractivity contribution in [2.75, 3.05) is 18.0 Å². The van der Waals surface area contributed by atoms with Gasteiger partial charge in [0, 0.05) is 25.7 Å². The summed E-state index contributed by atoms with van der Waals surface area (Å²) in [7, 11) is 0. The van der Waals surface area contributed by atoms with Gasteiger partial charge in [-0.05, 0) is 18.4 Å². The number of hydrogen-bond donors (Lipinski definition) is 1. The molecule has 1 aromatic rings. The number of alkyl halides is 3. The van der Waals surface area contributed by atoms with Crippen molar-refractivity contribution >= 4 is 11.9 Å². The second-order valence-electron chi connectivity index (χ2n) is 4.44. The molecule has 0 radical (unpaired) electrons. The molecule has 1 N–H and O–H groups in total. The highest BCUT2D eigenvalue weighted by Gasteiger charge is 2.34. The maximum atomic E-state index is 12.5. The molecule has 0 bridgehead atoms. The highest BCUT2D eigenvalue weighted by molar-refractivity contribution is 5.67. The Morgan fingerprint density at radius 1 is 1.53 bits per heavy atom. The molecule has 1 aromatic heterocycles. The van der Waals surface area contributed by atoms with Gasteiger partial charge in [-0.2, -0.15) is 13.2 Å². The number of nitrogens with zero attached hydrogens (tertiary/aromatic N) is 3. The second kappa shape index (κ2) is 5.02. The van der Waals surface area contributed by atoms with Gasteiger partial charge < -0.3 is 10.0 Å². The van der Waals surface area contributed by atoms with Crippen molar-refractivity contribution in [3.63, 3.8) is 0 Å². The number of anilines is 1. The maximum absolute atomic E-state index is 12.5. The van der Waals surface area contributed by atoms with Crippen LogP contribution in [0, 0.1) is 5.92 Å². The summed E-state index contributed by atoms with van der Waals surface area (Å²) >= 11 is 0. The summed E-state index contributed by atoms with van der Waals surface area (Å²) in [6.45, 7) is 0.840. The first-order chi connectivity index (χ1) is 8.86. The average Bonchev–Trinajstić information content (AvgIpc) is 2.76. The van der Waals surface area contributed by atoms with Gasteiger partial charge in [0.1, 0.15) is 5.69 Å². The lowest BCUT2D eigenvalue weighted by molar-refractivity contribution is -0.141. The number of carbonyl (C=O) groups is 1. The fraction of sp³-hybridized carbons (Fsp3) is 0.545. The lowest BCUT2D eigenvalue weighted by Gasteiger charge is -2.17. The third-order valence-corrected chi connectivity index (χ3v) is 2.97. The lowest BCUT2D eigenvalue weighted by Crippen LogP contribution is -2.24. The van der Waals surface area contributed by atoms with Gasteiger partial charge in [0.15, 0.2) is 0 Å². The van der Waals surface area contributed by atoms with Crippen LogP contribution in [-0.2, 0) is 11.0 Å². The van der Waals surface area contributed by atoms with Crippen LogP contribution in [0.15, 0.2) is 12.3 Å². The molecule has 2 rings (SSSR count). The lowest BCUT2D eigenvalue weighted by atomic mass is 10.1. The van der Waals surface area contributed by atoms with Crippen molar-refractivity contribution in [1.82, 2.24) is 9.97 Å². The minimum atomic E-state index is -4.50. The Morgan fingerprint density at radius 3 is 2.89 bits per heavy atom. The molecule has 1 atom stereocenters. The minimum absolute atomic E-state index is 0.00251. The van der Waals surface area contributed by atoms with Crippen molar-refractivity contribution < 1.29 is 23.1 Å². The van der Waals surface area contributed by atoms with Crippen molar-refractivity contribution in [1.29, 1.82) is 0 Å². The summed E-state index contributed by atoms with van der Waals surface area (Å²) < 4.78 is 37.6. The van der Waals surface area contributed by atoms with E-state index in [1.807, 2.05) is 0 Å². The van der Waals surface area contributed by atoms with Crippen LogP contribution < -0.4 is 4.90 Å². The maximum Gasteiger partial charge on any atom is 0.433 e. The smallest absolute Gasteiger partial charge is 0.433 e. The van der Waals surface area contributed by atoms with Crippen LogP contribution in [0.3, 0.4) is 0 Å². The van der Waals surface area contributed by atoms with Crippen LogP contribution in [0.1, 0.15) is 18.5 Å². The molecule has 0 aliphatic carbocycles. The first-order valence-corrected chi connectivity index (χ1v) is 5.73. The molecule has 1 fully saturated rings. The van der Waals surface area contributed by atoms with Crippen molar-refractivity contribution in [3.8, 4) is 0 Å². The van der Waals surface area contributed by atoms with E-state index >= 15 is 0 Å². The summed E-state index contributed by atoms with van der Waals surface area (Å²) in [5.41, 5.74) is -0.987. The molecule has 1 saturated heterocycles. The Bertz CT molecular complexity index is 478. The number of hydrogen-bond acceptors (Lipinski definition) is 4. The van der Waals surface area contributed by atoms with Crippen molar-refractivity contribution in [3.05, 3.63) is 18.0 Å². The van der Waals surface area contributed by atoms with E-state index in [0.29, 0.717) is 19.5 Å². The van der Waals surface area contributed by atoms with Crippen molar-refractivity contribution in [2.24, 2.45) is 5.92 Å². The fourth-order valence-electron chi connectivity index (χ4n) is 2.09. The zero-order valence-corrected chi connectivity index (χ0v) is 9.89. The van der Waals surface area contributed by atoms with Crippen LogP contribution in [0.2, 0.25) is 0 Å². The summed E-state index contributed by atoms with van der Waals surface area (Å²) in [6.07, 6.45) is -2.81. The molecule has 104 valence electrons. The average molecular weight is 275 g/mol. The Labute approximate surface area is 107 Å². The highest BCUT2D eigenvalue weighted by atomic mass is 19.4. The molecule has 0 aromatic carbocycles. The van der Waals surface area contributed by atoms with Gasteiger partial charge in [-0.15, -0.1) is 0 Å². The minimum Gasteiger partial charge on any atom is -0.481 e. The van der Waals surface area contributed by atoms with Crippen LogP contribution >= 0.6 is 0 Å². The highest BCUT2D eigenvalue weighted by Crippen LogP contribution is 2.29. The first-order valence-electron chi connectivity index (χ1n) is 5.73. The largest absolute Gasteiger partial charge is 0.481 e. The third-order valence-electron chi connectivity index (χ3n) is 2.97. The van der Waals surface area contributed by atoms with Crippen LogP contribution in [-0.4, -0.2) is 34.1 Å². The van der Waals surface area contributed by atoms with Gasteiger partial charge in [-0.25, -0.2) is 9.97 Å². The number of carboxylic acid groups (broad SMARTS) is 1. The molecule has 1 unspecified atom stereocenters. The molecule has 19 heavy (non-hydrogen) atoms. The molecule has 5 nitrogen and oxygen atoms in total. The summed E-state index contributed by atoms with van der Waals surface area (Å²) in [4.78, 5) is 19.5. The van der Waals surface area contributed by atoms with E-state index in [2.05, 4.69) is 9.97 Å². The second-order valence-corrected chi connectivity index (χ2v) is 4.44. The van der Waals surface area contributed by atoms with Gasteiger partial charge in [0.2, 0.25) is 5.95 Å². The standard InChI is InChI=1S/C11H12F3N3O2/c12-11(13,14)8-1-3-15-10(16-8)17-4-2-7(6-17)5-9(18)19/h1,3,7H,2,4-6H2,(H,18,19). The molecule has 1 aliphatic rings. The molecule has 8 heteroatoms. The van der Waals surface area contributed by atoms with E-state index in [9.17, 15) is 18.0 Å². The van der Waals surface area contributed by atoms with E-state index in [1.54, 1.807) is 4.90 Å². The zero-order valence-electron chi connectivity index (χ0n) is 9.89. The van der Waals surface area contributed by atoms with Crippen LogP contribution in [0.4, 0.5) is 19.1 Å². The summed E-state index contributed by atoms with van der Waals surface area (Å²) in [5.74, 6) is -0.977. The Morgan fingerprint density at radius 2 is 2.26 bits per heavy atom. The van der Waals surface area contributed by atoms with Gasteiger partial charge in [0.05, 0.1) is 0 Å². The third kappa shape index (κ3) is 3.33. The number of rotatable bonds is 3. The van der Waals surface area contributed by atoms with E-state index in [1.165, 1.54) is 0 Å². The number of halogens is 3. The first kappa shape index (κ1) is 13.6. The molecular formula is C11H12F3N3O2. The molecule has 0 amide bonds. The molecule has 0 spiro atoms. The van der Waals surface area contributed by atoms with Gasteiger partial charge >= 0.3 is 12.1 Å². The van der Waals surface area contributed by atoms with Gasteiger partial charge in [-0.1, -0.05) is 0 Å². The van der Waals surface area contributed by atoms with E-state index in [4.69, 9.17) is 5.11 Å². The molecule has 2 heterocycles. The summed E-state index contributed by atoms with van der Waals surface area (Å²) in [6, 6.07) is 0.814. The zero-order chi connectivity index (χ0) is 14.0. The predicted octanol–water partition coefficient (Wildman–Crippen LogP) is 1.80. The fourth-order valence-corrected chi connectivity index (χ4v) is 2.09. The van der Waals surface area contributed by atoms with E-state index in [-0.39, 0.29) is 18.3 Å². The van der Waals surface area contributed by atoms with Gasteiger partial charge in [0.25, 0.3) is 0 Å². The Balaban J connectivity index is 2.09. The van der Waals surface area contributed by atoms with Crippen LogP contribution in [0.25, 0.3) is 0 Å². The molecule has 0 saturated carbocycles. The van der Waals surface area contributed by atoms with Crippen LogP contribution in [0.5, 0.6) is 0 Å². The SMILES string of the molecule is O=C(O)CC1CCN(c2nccc(C(F)(F)F)n2)C1. The Kier molecular flexibility index (Phi) is 3.59. The molecule has 1 aliphatic heterocycles. The van der Waals surface area contributed by atoms with Gasteiger partial charge in [-0.3, -0.25) is 4.79 Å². The number of aliphatic carboxylic acids is 1. The monoisotopic (exact) mass is 275 g/mol. The van der Waals surface area contributed by atoms with E-state index < -0.39 is 17.8 Å². The molecular weight excluding hydrogens is 263 g/mol.